The van der Waals surface area contributed by atoms with Crippen LogP contribution in [0.15, 0.2) is 23.0 Å². The number of nitrogens with zero attached hydrogens (tertiary/aromatic N) is 2. The van der Waals surface area contributed by atoms with Gasteiger partial charge in [-0.2, -0.15) is 0 Å². The Kier molecular flexibility index (Phi) is 5.64. The van der Waals surface area contributed by atoms with Crippen LogP contribution in [0.3, 0.4) is 0 Å². The van der Waals surface area contributed by atoms with Crippen LogP contribution in [0.2, 0.25) is 0 Å². The number of benzene rings is 1. The van der Waals surface area contributed by atoms with Gasteiger partial charge in [-0.3, -0.25) is 14.9 Å². The first-order chi connectivity index (χ1) is 13.7. The van der Waals surface area contributed by atoms with Crippen LogP contribution in [0.25, 0.3) is 10.2 Å². The zero-order valence-corrected chi connectivity index (χ0v) is 17.1. The average molecular weight is 417 g/mol. The highest BCUT2D eigenvalue weighted by Gasteiger charge is 2.23. The number of ether oxygens (including phenoxy) is 2. The van der Waals surface area contributed by atoms with Crippen molar-refractivity contribution in [3.05, 3.63) is 60.5 Å². The van der Waals surface area contributed by atoms with Crippen LogP contribution in [0.4, 0.5) is 5.69 Å². The Balaban J connectivity index is 1.99. The highest BCUT2D eigenvalue weighted by molar-refractivity contribution is 7.20. The zero-order chi connectivity index (χ0) is 21.3. The van der Waals surface area contributed by atoms with E-state index < -0.39 is 22.6 Å². The van der Waals surface area contributed by atoms with Crippen molar-refractivity contribution in [3.63, 3.8) is 0 Å². The molecule has 0 aliphatic rings. The van der Waals surface area contributed by atoms with Gasteiger partial charge in [0.05, 0.1) is 16.9 Å². The largest absolute Gasteiger partial charge is 0.476 e. The number of aromatic nitrogens is 2. The first-order valence-electron chi connectivity index (χ1n) is 8.85. The number of hydrogen-bond acceptors (Lipinski definition) is 8. The molecule has 0 amide bonds. The second-order valence-electron chi connectivity index (χ2n) is 6.40. The Hall–Kier alpha value is -3.27. The van der Waals surface area contributed by atoms with Gasteiger partial charge in [-0.1, -0.05) is 6.07 Å². The van der Waals surface area contributed by atoms with Crippen molar-refractivity contribution in [2.75, 3.05) is 6.61 Å². The molecule has 10 heteroatoms. The molecule has 9 nitrogen and oxygen atoms in total. The molecule has 3 aromatic rings. The molecule has 0 aliphatic carbocycles. The first kappa shape index (κ1) is 20.5. The van der Waals surface area contributed by atoms with E-state index in [4.69, 9.17) is 9.47 Å². The van der Waals surface area contributed by atoms with Crippen LogP contribution in [0.1, 0.15) is 46.6 Å². The third kappa shape index (κ3) is 3.97. The summed E-state index contributed by atoms with van der Waals surface area (Å²) in [5.74, 6) is -0.229. The predicted octanol–water partition coefficient (Wildman–Crippen LogP) is 3.83. The quantitative estimate of drug-likeness (QED) is 0.367. The summed E-state index contributed by atoms with van der Waals surface area (Å²) in [6, 6.07) is 4.62. The second-order valence-corrected chi connectivity index (χ2v) is 7.40. The van der Waals surface area contributed by atoms with Gasteiger partial charge in [0.15, 0.2) is 17.7 Å². The number of aryl methyl sites for hydroxylation is 2. The highest BCUT2D eigenvalue weighted by atomic mass is 32.1. The molecular formula is C19H19N3O6S. The number of hydrogen-bond donors (Lipinski definition) is 1. The SMILES string of the molecule is CCOC(=O)c1sc2nc([C@H](C)Oc3ccc(C)cc3[N+](=O)[O-])[nH]c(=O)c2c1C. The average Bonchev–Trinajstić information content (AvgIpc) is 3.00. The molecule has 3 rings (SSSR count). The Morgan fingerprint density at radius 1 is 1.38 bits per heavy atom. The topological polar surface area (TPSA) is 124 Å². The number of esters is 1. The number of nitro groups is 1. The Morgan fingerprint density at radius 3 is 2.76 bits per heavy atom. The third-order valence-electron chi connectivity index (χ3n) is 4.28. The molecule has 2 aromatic heterocycles. The van der Waals surface area contributed by atoms with Crippen molar-refractivity contribution in [3.8, 4) is 5.75 Å². The number of carbonyl (C=O) groups is 1. The van der Waals surface area contributed by atoms with E-state index in [1.54, 1.807) is 33.8 Å². The van der Waals surface area contributed by atoms with E-state index in [0.29, 0.717) is 20.7 Å². The lowest BCUT2D eigenvalue weighted by Gasteiger charge is -2.14. The lowest BCUT2D eigenvalue weighted by atomic mass is 10.2. The number of nitrogens with one attached hydrogen (secondary N) is 1. The molecule has 152 valence electrons. The fourth-order valence-electron chi connectivity index (χ4n) is 2.86. The fraction of sp³-hybridized carbons (Fsp3) is 0.316. The second kappa shape index (κ2) is 8.00. The van der Waals surface area contributed by atoms with Crippen molar-refractivity contribution < 1.29 is 19.2 Å². The van der Waals surface area contributed by atoms with Gasteiger partial charge in [-0.15, -0.1) is 11.3 Å². The maximum Gasteiger partial charge on any atom is 0.348 e. The summed E-state index contributed by atoms with van der Waals surface area (Å²) < 4.78 is 10.7. The molecule has 0 spiro atoms. The summed E-state index contributed by atoms with van der Waals surface area (Å²) in [6.07, 6.45) is -0.762. The van der Waals surface area contributed by atoms with Gasteiger partial charge < -0.3 is 14.5 Å². The van der Waals surface area contributed by atoms with E-state index in [-0.39, 0.29) is 23.9 Å². The van der Waals surface area contributed by atoms with Crippen LogP contribution < -0.4 is 10.3 Å². The van der Waals surface area contributed by atoms with E-state index in [0.717, 1.165) is 16.9 Å². The van der Waals surface area contributed by atoms with Crippen LogP contribution in [-0.4, -0.2) is 27.5 Å². The first-order valence-corrected chi connectivity index (χ1v) is 9.66. The summed E-state index contributed by atoms with van der Waals surface area (Å²) in [6.45, 7) is 6.96. The van der Waals surface area contributed by atoms with Crippen molar-refractivity contribution in [2.24, 2.45) is 0 Å². The number of nitro benzene ring substituents is 1. The molecule has 0 bridgehead atoms. The van der Waals surface area contributed by atoms with E-state index in [1.165, 1.54) is 12.1 Å². The molecule has 0 saturated carbocycles. The van der Waals surface area contributed by atoms with Crippen molar-refractivity contribution in [2.45, 2.75) is 33.8 Å². The van der Waals surface area contributed by atoms with Crippen LogP contribution in [-0.2, 0) is 4.74 Å². The van der Waals surface area contributed by atoms with Gasteiger partial charge in [-0.25, -0.2) is 9.78 Å². The van der Waals surface area contributed by atoms with E-state index in [2.05, 4.69) is 9.97 Å². The van der Waals surface area contributed by atoms with Crippen LogP contribution >= 0.6 is 11.3 Å². The summed E-state index contributed by atoms with van der Waals surface area (Å²) in [5.41, 5.74) is 0.650. The summed E-state index contributed by atoms with van der Waals surface area (Å²) >= 11 is 1.06. The summed E-state index contributed by atoms with van der Waals surface area (Å²) in [4.78, 5) is 43.2. The number of fused-ring (bicyclic) bond motifs is 1. The Bertz CT molecular complexity index is 1170. The smallest absolute Gasteiger partial charge is 0.348 e. The molecule has 1 N–H and O–H groups in total. The molecule has 0 aliphatic heterocycles. The molecule has 1 aromatic carbocycles. The highest BCUT2D eigenvalue weighted by Crippen LogP contribution is 2.32. The van der Waals surface area contributed by atoms with Gasteiger partial charge in [0.1, 0.15) is 9.71 Å². The lowest BCUT2D eigenvalue weighted by Crippen LogP contribution is -2.16. The number of rotatable bonds is 6. The van der Waals surface area contributed by atoms with Crippen molar-refractivity contribution >= 4 is 33.2 Å². The normalized spacial score (nSPS) is 12.0. The number of H-pyrrole nitrogens is 1. The van der Waals surface area contributed by atoms with E-state index in [1.807, 2.05) is 0 Å². The maximum atomic E-state index is 12.6. The van der Waals surface area contributed by atoms with Crippen LogP contribution in [0.5, 0.6) is 5.75 Å². The summed E-state index contributed by atoms with van der Waals surface area (Å²) in [7, 11) is 0. The predicted molar refractivity (Wildman–Crippen MR) is 108 cm³/mol. The minimum atomic E-state index is -0.762. The molecule has 0 unspecified atom stereocenters. The van der Waals surface area contributed by atoms with Gasteiger partial charge in [0.2, 0.25) is 0 Å². The minimum absolute atomic E-state index is 0.0745. The Labute approximate surface area is 169 Å². The number of carbonyl (C=O) groups excluding carboxylic acids is 1. The molecule has 1 atom stereocenters. The molecule has 0 fully saturated rings. The van der Waals surface area contributed by atoms with Gasteiger partial charge in [0.25, 0.3) is 5.56 Å². The summed E-state index contributed by atoms with van der Waals surface area (Å²) in [5, 5.41) is 11.6. The van der Waals surface area contributed by atoms with Crippen molar-refractivity contribution in [1.29, 1.82) is 0 Å². The molecular weight excluding hydrogens is 398 g/mol. The lowest BCUT2D eigenvalue weighted by molar-refractivity contribution is -0.386. The van der Waals surface area contributed by atoms with Gasteiger partial charge >= 0.3 is 11.7 Å². The Morgan fingerprint density at radius 2 is 2.10 bits per heavy atom. The monoisotopic (exact) mass is 417 g/mol. The number of aromatic amines is 1. The van der Waals surface area contributed by atoms with Crippen LogP contribution in [0, 0.1) is 24.0 Å². The maximum absolute atomic E-state index is 12.6. The molecule has 0 radical (unpaired) electrons. The molecule has 2 heterocycles. The minimum Gasteiger partial charge on any atom is -0.476 e. The third-order valence-corrected chi connectivity index (χ3v) is 5.45. The molecule has 0 saturated heterocycles. The van der Waals surface area contributed by atoms with Crippen molar-refractivity contribution in [1.82, 2.24) is 9.97 Å². The zero-order valence-electron chi connectivity index (χ0n) is 16.3. The fourth-order valence-corrected chi connectivity index (χ4v) is 3.94. The van der Waals surface area contributed by atoms with Gasteiger partial charge in [0, 0.05) is 6.07 Å². The van der Waals surface area contributed by atoms with E-state index >= 15 is 0 Å². The number of thiophene rings is 1. The van der Waals surface area contributed by atoms with Gasteiger partial charge in [-0.05, 0) is 44.9 Å². The van der Waals surface area contributed by atoms with E-state index in [9.17, 15) is 19.7 Å². The molecule has 29 heavy (non-hydrogen) atoms. The standard InChI is InChI=1S/C19H19N3O6S/c1-5-27-19(24)15-10(3)14-17(23)20-16(21-18(14)29-15)11(4)28-13-7-6-9(2)8-12(13)22(25)26/h6-8,11H,5H2,1-4H3,(H,20,21,23)/t11-/m0/s1.